The van der Waals surface area contributed by atoms with Crippen LogP contribution in [0.25, 0.3) is 0 Å². The van der Waals surface area contributed by atoms with Gasteiger partial charge in [-0.3, -0.25) is 14.5 Å². The molecule has 0 atom stereocenters. The minimum Gasteiger partial charge on any atom is -0.486 e. The van der Waals surface area contributed by atoms with Crippen LogP contribution < -0.4 is 20.1 Å². The van der Waals surface area contributed by atoms with Crippen molar-refractivity contribution >= 4 is 23.5 Å². The maximum Gasteiger partial charge on any atom is 0.325 e. The molecule has 0 aromatic heterocycles. The first-order chi connectivity index (χ1) is 17.0. The molecule has 2 heterocycles. The lowest BCUT2D eigenvalue weighted by molar-refractivity contribution is -0.133. The molecule has 178 valence electrons. The number of hydrogen-bond donors (Lipinski definition) is 2. The van der Waals surface area contributed by atoms with Crippen LogP contribution in [0, 0.1) is 0 Å². The zero-order valence-corrected chi connectivity index (χ0v) is 19.0. The molecule has 2 aliphatic heterocycles. The number of nitrogens with zero attached hydrogens (tertiary/aromatic N) is 1. The van der Waals surface area contributed by atoms with E-state index < -0.39 is 29.9 Å². The molecule has 8 nitrogen and oxygen atoms in total. The molecule has 1 fully saturated rings. The van der Waals surface area contributed by atoms with E-state index in [-0.39, 0.29) is 0 Å². The number of ether oxygens (including phenoxy) is 2. The highest BCUT2D eigenvalue weighted by molar-refractivity contribution is 6.10. The number of fused-ring (bicyclic) bond motifs is 1. The van der Waals surface area contributed by atoms with Crippen LogP contribution in [0.1, 0.15) is 11.1 Å². The highest BCUT2D eigenvalue weighted by atomic mass is 16.6. The molecule has 2 aliphatic rings. The van der Waals surface area contributed by atoms with Crippen molar-refractivity contribution in [2.75, 3.05) is 25.1 Å². The number of amides is 4. The van der Waals surface area contributed by atoms with Gasteiger partial charge in [-0.15, -0.1) is 0 Å². The number of nitrogens with one attached hydrogen (secondary N) is 2. The van der Waals surface area contributed by atoms with Crippen LogP contribution in [-0.4, -0.2) is 48.0 Å². The number of carbonyl (C=O) groups is 3. The summed E-state index contributed by atoms with van der Waals surface area (Å²) >= 11 is 0. The van der Waals surface area contributed by atoms with Crippen molar-refractivity contribution in [1.29, 1.82) is 0 Å². The highest BCUT2D eigenvalue weighted by Crippen LogP contribution is 2.33. The molecule has 35 heavy (non-hydrogen) atoms. The fraction of sp³-hybridized carbons (Fsp3) is 0.222. The van der Waals surface area contributed by atoms with E-state index in [0.29, 0.717) is 43.2 Å². The number of imide groups is 1. The van der Waals surface area contributed by atoms with Crippen molar-refractivity contribution in [3.05, 3.63) is 90.0 Å². The molecule has 1 saturated heterocycles. The van der Waals surface area contributed by atoms with Crippen molar-refractivity contribution < 1.29 is 23.9 Å². The highest BCUT2D eigenvalue weighted by Gasteiger charge is 2.51. The fourth-order valence-electron chi connectivity index (χ4n) is 4.48. The first-order valence-electron chi connectivity index (χ1n) is 11.4. The minimum absolute atomic E-state index is 0.313. The molecule has 0 bridgehead atoms. The van der Waals surface area contributed by atoms with Gasteiger partial charge in [0.05, 0.1) is 0 Å². The molecular weight excluding hydrogens is 446 g/mol. The summed E-state index contributed by atoms with van der Waals surface area (Å²) in [5.41, 5.74) is 1.14. The van der Waals surface area contributed by atoms with E-state index in [0.717, 1.165) is 16.0 Å². The Kier molecular flexibility index (Phi) is 6.10. The summed E-state index contributed by atoms with van der Waals surface area (Å²) in [4.78, 5) is 40.4. The average molecular weight is 472 g/mol. The second-order valence-corrected chi connectivity index (χ2v) is 8.63. The van der Waals surface area contributed by atoms with Crippen molar-refractivity contribution in [2.45, 2.75) is 18.4 Å². The average Bonchev–Trinajstić information content (AvgIpc) is 3.09. The van der Waals surface area contributed by atoms with Crippen molar-refractivity contribution in [1.82, 2.24) is 10.2 Å². The maximum absolute atomic E-state index is 13.7. The number of anilines is 1. The lowest BCUT2D eigenvalue weighted by Gasteiger charge is -2.27. The molecule has 4 amide bonds. The Labute approximate surface area is 202 Å². The zero-order valence-electron chi connectivity index (χ0n) is 19.0. The number of carbonyl (C=O) groups excluding carboxylic acids is 3. The molecule has 3 aromatic carbocycles. The Morgan fingerprint density at radius 2 is 1.46 bits per heavy atom. The number of benzene rings is 3. The topological polar surface area (TPSA) is 97.0 Å². The van der Waals surface area contributed by atoms with Gasteiger partial charge in [0.1, 0.15) is 25.3 Å². The predicted octanol–water partition coefficient (Wildman–Crippen LogP) is 3.17. The smallest absolute Gasteiger partial charge is 0.325 e. The Balaban J connectivity index is 1.34. The molecule has 5 rings (SSSR count). The number of rotatable bonds is 7. The van der Waals surface area contributed by atoms with Gasteiger partial charge in [-0.05, 0) is 23.3 Å². The van der Waals surface area contributed by atoms with E-state index in [2.05, 4.69) is 10.6 Å². The van der Waals surface area contributed by atoms with E-state index in [9.17, 15) is 14.4 Å². The second-order valence-electron chi connectivity index (χ2n) is 8.63. The Hall–Kier alpha value is -4.33. The summed E-state index contributed by atoms with van der Waals surface area (Å²) in [7, 11) is 0. The van der Waals surface area contributed by atoms with Crippen LogP contribution in [0.15, 0.2) is 78.9 Å². The van der Waals surface area contributed by atoms with Crippen LogP contribution in [0.2, 0.25) is 0 Å². The third kappa shape index (κ3) is 4.82. The van der Waals surface area contributed by atoms with Crippen LogP contribution in [0.5, 0.6) is 11.5 Å². The van der Waals surface area contributed by atoms with Crippen LogP contribution in [0.4, 0.5) is 10.5 Å². The van der Waals surface area contributed by atoms with Gasteiger partial charge in [-0.25, -0.2) is 4.79 Å². The van der Waals surface area contributed by atoms with Gasteiger partial charge in [-0.2, -0.15) is 0 Å². The lowest BCUT2D eigenvalue weighted by Crippen LogP contribution is -2.51. The van der Waals surface area contributed by atoms with Gasteiger partial charge in [0.2, 0.25) is 5.91 Å². The van der Waals surface area contributed by atoms with Crippen LogP contribution >= 0.6 is 0 Å². The fourth-order valence-corrected chi connectivity index (χ4v) is 4.48. The zero-order chi connectivity index (χ0) is 24.3. The Bertz CT molecular complexity index is 1200. The first-order valence-corrected chi connectivity index (χ1v) is 11.4. The van der Waals surface area contributed by atoms with Gasteiger partial charge in [0.25, 0.3) is 5.91 Å². The third-order valence-electron chi connectivity index (χ3n) is 6.07. The summed E-state index contributed by atoms with van der Waals surface area (Å²) in [6.45, 7) is 0.501. The Morgan fingerprint density at radius 3 is 2.09 bits per heavy atom. The summed E-state index contributed by atoms with van der Waals surface area (Å²) in [6.07, 6.45) is 0.626. The molecule has 0 unspecified atom stereocenters. The molecule has 0 aliphatic carbocycles. The summed E-state index contributed by atoms with van der Waals surface area (Å²) in [5, 5.41) is 5.63. The van der Waals surface area contributed by atoms with Gasteiger partial charge in [-0.1, -0.05) is 60.7 Å². The van der Waals surface area contributed by atoms with Gasteiger partial charge in [0, 0.05) is 24.6 Å². The minimum atomic E-state index is -1.18. The van der Waals surface area contributed by atoms with Gasteiger partial charge in [0.15, 0.2) is 11.5 Å². The summed E-state index contributed by atoms with van der Waals surface area (Å²) in [6, 6.07) is 23.5. The third-order valence-corrected chi connectivity index (χ3v) is 6.07. The van der Waals surface area contributed by atoms with Gasteiger partial charge >= 0.3 is 6.03 Å². The summed E-state index contributed by atoms with van der Waals surface area (Å²) in [5.74, 6) is 0.233. The van der Waals surface area contributed by atoms with E-state index in [1.807, 2.05) is 60.7 Å². The molecule has 0 radical (unpaired) electrons. The second kappa shape index (κ2) is 9.50. The van der Waals surface area contributed by atoms with Gasteiger partial charge < -0.3 is 20.1 Å². The SMILES string of the molecule is O=C(CN1C(=O)NC(Cc2ccccc2)(Cc2ccccc2)C1=O)Nc1ccc2c(c1)OCCO2. The Morgan fingerprint density at radius 1 is 0.857 bits per heavy atom. The largest absolute Gasteiger partial charge is 0.486 e. The summed E-state index contributed by atoms with van der Waals surface area (Å²) < 4.78 is 11.0. The number of hydrogen-bond acceptors (Lipinski definition) is 5. The van der Waals surface area contributed by atoms with Crippen molar-refractivity contribution in [3.8, 4) is 11.5 Å². The van der Waals surface area contributed by atoms with E-state index >= 15 is 0 Å². The quantitative estimate of drug-likeness (QED) is 0.516. The lowest BCUT2D eigenvalue weighted by atomic mass is 9.84. The van der Waals surface area contributed by atoms with E-state index in [4.69, 9.17) is 9.47 Å². The molecular formula is C27H25N3O5. The molecule has 0 spiro atoms. The van der Waals surface area contributed by atoms with Crippen molar-refractivity contribution in [3.63, 3.8) is 0 Å². The van der Waals surface area contributed by atoms with E-state index in [1.54, 1.807) is 18.2 Å². The molecule has 0 saturated carbocycles. The molecule has 8 heteroatoms. The van der Waals surface area contributed by atoms with Crippen molar-refractivity contribution in [2.24, 2.45) is 0 Å². The standard InChI is InChI=1S/C27H25N3O5/c31-24(28-21-11-12-22-23(15-21)35-14-13-34-22)18-30-25(32)27(29-26(30)33,16-19-7-3-1-4-8-19)17-20-9-5-2-6-10-20/h1-12,15H,13-14,16-18H2,(H,28,31)(H,29,33). The monoisotopic (exact) mass is 471 g/mol. The van der Waals surface area contributed by atoms with Crippen LogP contribution in [0.3, 0.4) is 0 Å². The normalized spacial score (nSPS) is 16.1. The first kappa shape index (κ1) is 22.5. The molecule has 3 aromatic rings. The number of urea groups is 1. The molecule has 2 N–H and O–H groups in total. The maximum atomic E-state index is 13.7. The van der Waals surface area contributed by atoms with Crippen LogP contribution in [-0.2, 0) is 22.4 Å². The van der Waals surface area contributed by atoms with E-state index in [1.165, 1.54) is 0 Å². The predicted molar refractivity (Wildman–Crippen MR) is 129 cm³/mol.